The van der Waals surface area contributed by atoms with Gasteiger partial charge >= 0.3 is 0 Å². The van der Waals surface area contributed by atoms with Gasteiger partial charge in [-0.3, -0.25) is 9.89 Å². The van der Waals surface area contributed by atoms with Gasteiger partial charge in [-0.1, -0.05) is 13.8 Å². The van der Waals surface area contributed by atoms with Crippen molar-refractivity contribution in [2.45, 2.75) is 40.2 Å². The lowest BCUT2D eigenvalue weighted by atomic mass is 10.1. The van der Waals surface area contributed by atoms with E-state index in [4.69, 9.17) is 0 Å². The fourth-order valence-electron chi connectivity index (χ4n) is 1.39. The van der Waals surface area contributed by atoms with E-state index in [1.54, 1.807) is 4.68 Å². The van der Waals surface area contributed by atoms with Crippen molar-refractivity contribution in [1.29, 1.82) is 0 Å². The summed E-state index contributed by atoms with van der Waals surface area (Å²) in [7, 11) is 0. The third-order valence-electron chi connectivity index (χ3n) is 2.06. The first kappa shape index (κ1) is 11.6. The number of aromatic amines is 1. The van der Waals surface area contributed by atoms with Gasteiger partial charge in [0.1, 0.15) is 4.47 Å². The van der Waals surface area contributed by atoms with E-state index in [9.17, 15) is 4.79 Å². The lowest BCUT2D eigenvalue weighted by Gasteiger charge is -2.05. The largest absolute Gasteiger partial charge is 0.298 e. The molecule has 0 aliphatic carbocycles. The fraction of sp³-hybridized carbons (Fsp3) is 0.700. The van der Waals surface area contributed by atoms with Crippen LogP contribution in [0.5, 0.6) is 0 Å². The van der Waals surface area contributed by atoms with Gasteiger partial charge in [-0.05, 0) is 42.1 Å². The first-order valence-electron chi connectivity index (χ1n) is 4.92. The van der Waals surface area contributed by atoms with Crippen LogP contribution in [0.3, 0.4) is 0 Å². The maximum Gasteiger partial charge on any atom is 0.281 e. The van der Waals surface area contributed by atoms with E-state index >= 15 is 0 Å². The highest BCUT2D eigenvalue weighted by Crippen LogP contribution is 2.15. The average molecular weight is 261 g/mol. The van der Waals surface area contributed by atoms with Crippen LogP contribution in [-0.2, 0) is 6.42 Å². The molecular formula is C10H17BrN2O. The second-order valence-corrected chi connectivity index (χ2v) is 5.06. The zero-order valence-corrected chi connectivity index (χ0v) is 10.7. The van der Waals surface area contributed by atoms with Gasteiger partial charge in [0.15, 0.2) is 0 Å². The number of nitrogens with one attached hydrogen (secondary N) is 1. The molecule has 1 aromatic rings. The Labute approximate surface area is 92.6 Å². The molecule has 0 amide bonds. The van der Waals surface area contributed by atoms with E-state index in [1.165, 1.54) is 0 Å². The Hall–Kier alpha value is -0.510. The predicted octanol–water partition coefficient (Wildman–Crippen LogP) is 2.72. The lowest BCUT2D eigenvalue weighted by molar-refractivity contribution is 0.505. The van der Waals surface area contributed by atoms with Crippen molar-refractivity contribution < 1.29 is 0 Å². The SMILES string of the molecule is CC(C)Cc1[nH]n(C(C)C)c(=O)c1Br. The highest BCUT2D eigenvalue weighted by Gasteiger charge is 2.13. The quantitative estimate of drug-likeness (QED) is 0.892. The Kier molecular flexibility index (Phi) is 3.59. The van der Waals surface area contributed by atoms with E-state index in [2.05, 4.69) is 34.9 Å². The van der Waals surface area contributed by atoms with Crippen LogP contribution in [0.15, 0.2) is 9.27 Å². The summed E-state index contributed by atoms with van der Waals surface area (Å²) in [6.45, 7) is 8.25. The fourth-order valence-corrected chi connectivity index (χ4v) is 1.83. The first-order valence-corrected chi connectivity index (χ1v) is 5.71. The van der Waals surface area contributed by atoms with Crippen LogP contribution >= 0.6 is 15.9 Å². The molecule has 1 rings (SSSR count). The maximum atomic E-state index is 11.7. The Morgan fingerprint density at radius 1 is 1.36 bits per heavy atom. The number of hydrogen-bond acceptors (Lipinski definition) is 1. The third-order valence-corrected chi connectivity index (χ3v) is 2.87. The van der Waals surface area contributed by atoms with Crippen molar-refractivity contribution in [3.63, 3.8) is 0 Å². The van der Waals surface area contributed by atoms with Gasteiger partial charge in [-0.25, -0.2) is 4.68 Å². The monoisotopic (exact) mass is 260 g/mol. The molecule has 0 radical (unpaired) electrons. The highest BCUT2D eigenvalue weighted by molar-refractivity contribution is 9.10. The molecule has 0 aliphatic rings. The minimum absolute atomic E-state index is 0.0376. The van der Waals surface area contributed by atoms with E-state index in [-0.39, 0.29) is 11.6 Å². The molecule has 0 aromatic carbocycles. The van der Waals surface area contributed by atoms with Gasteiger partial charge in [0, 0.05) is 6.04 Å². The summed E-state index contributed by atoms with van der Waals surface area (Å²) in [5.41, 5.74) is 1.04. The summed E-state index contributed by atoms with van der Waals surface area (Å²) in [6, 6.07) is 0.180. The van der Waals surface area contributed by atoms with Crippen molar-refractivity contribution in [2.24, 2.45) is 5.92 Å². The Balaban J connectivity index is 3.09. The second kappa shape index (κ2) is 4.34. The first-order chi connectivity index (χ1) is 6.43. The third kappa shape index (κ3) is 2.29. The molecule has 0 saturated carbocycles. The molecular weight excluding hydrogens is 244 g/mol. The molecule has 1 N–H and O–H groups in total. The Morgan fingerprint density at radius 3 is 2.29 bits per heavy atom. The molecule has 4 heteroatoms. The Bertz CT molecular complexity index is 363. The smallest absolute Gasteiger partial charge is 0.281 e. The summed E-state index contributed by atoms with van der Waals surface area (Å²) in [5, 5.41) is 3.14. The molecule has 0 spiro atoms. The minimum atomic E-state index is 0.0376. The highest BCUT2D eigenvalue weighted by atomic mass is 79.9. The Morgan fingerprint density at radius 2 is 1.93 bits per heavy atom. The van der Waals surface area contributed by atoms with Crippen LogP contribution in [0.2, 0.25) is 0 Å². The normalized spacial score (nSPS) is 11.6. The van der Waals surface area contributed by atoms with E-state index in [0.29, 0.717) is 10.4 Å². The van der Waals surface area contributed by atoms with Crippen molar-refractivity contribution >= 4 is 15.9 Å². The summed E-state index contributed by atoms with van der Waals surface area (Å²) >= 11 is 3.33. The number of aromatic nitrogens is 2. The molecule has 3 nitrogen and oxygen atoms in total. The predicted molar refractivity (Wildman–Crippen MR) is 61.7 cm³/mol. The van der Waals surface area contributed by atoms with Crippen LogP contribution in [0, 0.1) is 5.92 Å². The summed E-state index contributed by atoms with van der Waals surface area (Å²) in [4.78, 5) is 11.7. The molecule has 0 fully saturated rings. The molecule has 0 bridgehead atoms. The van der Waals surface area contributed by atoms with Crippen LogP contribution in [0.25, 0.3) is 0 Å². The van der Waals surface area contributed by atoms with Gasteiger partial charge < -0.3 is 0 Å². The zero-order valence-electron chi connectivity index (χ0n) is 9.10. The number of H-pyrrole nitrogens is 1. The molecule has 80 valence electrons. The number of halogens is 1. The lowest BCUT2D eigenvalue weighted by Crippen LogP contribution is -2.18. The van der Waals surface area contributed by atoms with E-state index < -0.39 is 0 Å². The van der Waals surface area contributed by atoms with Crippen molar-refractivity contribution in [2.75, 3.05) is 0 Å². The molecule has 0 saturated heterocycles. The minimum Gasteiger partial charge on any atom is -0.298 e. The van der Waals surface area contributed by atoms with Crippen LogP contribution < -0.4 is 5.56 Å². The standard InChI is InChI=1S/C10H17BrN2O/c1-6(2)5-8-9(11)10(14)13(12-8)7(3)4/h6-7,12H,5H2,1-4H3. The molecule has 14 heavy (non-hydrogen) atoms. The number of nitrogens with zero attached hydrogens (tertiary/aromatic N) is 1. The van der Waals surface area contributed by atoms with Gasteiger partial charge in [0.25, 0.3) is 5.56 Å². The van der Waals surface area contributed by atoms with Crippen molar-refractivity contribution in [3.8, 4) is 0 Å². The molecule has 0 aliphatic heterocycles. The van der Waals surface area contributed by atoms with Gasteiger partial charge in [-0.15, -0.1) is 0 Å². The van der Waals surface area contributed by atoms with Crippen LogP contribution in [0.4, 0.5) is 0 Å². The molecule has 0 unspecified atom stereocenters. The molecule has 1 aromatic heterocycles. The number of hydrogen-bond donors (Lipinski definition) is 1. The van der Waals surface area contributed by atoms with E-state index in [1.807, 2.05) is 13.8 Å². The molecule has 1 heterocycles. The van der Waals surface area contributed by atoms with Crippen molar-refractivity contribution in [1.82, 2.24) is 9.78 Å². The summed E-state index contributed by atoms with van der Waals surface area (Å²) in [5.74, 6) is 0.546. The van der Waals surface area contributed by atoms with Crippen LogP contribution in [0.1, 0.15) is 39.4 Å². The zero-order chi connectivity index (χ0) is 10.9. The van der Waals surface area contributed by atoms with Gasteiger partial charge in [0.05, 0.1) is 5.69 Å². The average Bonchev–Trinajstić information content (AvgIpc) is 2.32. The second-order valence-electron chi connectivity index (χ2n) is 4.27. The van der Waals surface area contributed by atoms with E-state index in [0.717, 1.165) is 12.1 Å². The molecule has 0 atom stereocenters. The summed E-state index contributed by atoms with van der Waals surface area (Å²) in [6.07, 6.45) is 0.898. The van der Waals surface area contributed by atoms with Crippen LogP contribution in [-0.4, -0.2) is 9.78 Å². The van der Waals surface area contributed by atoms with Gasteiger partial charge in [0.2, 0.25) is 0 Å². The maximum absolute atomic E-state index is 11.7. The topological polar surface area (TPSA) is 37.8 Å². The van der Waals surface area contributed by atoms with Gasteiger partial charge in [-0.2, -0.15) is 0 Å². The van der Waals surface area contributed by atoms with Crippen molar-refractivity contribution in [3.05, 3.63) is 20.5 Å². The number of rotatable bonds is 3. The summed E-state index contributed by atoms with van der Waals surface area (Å²) < 4.78 is 2.34.